The lowest BCUT2D eigenvalue weighted by Gasteiger charge is -2.17. The van der Waals surface area contributed by atoms with Crippen LogP contribution in [0.4, 0.5) is 0 Å². The van der Waals surface area contributed by atoms with E-state index in [1.807, 2.05) is 6.07 Å². The Morgan fingerprint density at radius 1 is 1.31 bits per heavy atom. The van der Waals surface area contributed by atoms with Crippen molar-refractivity contribution in [3.63, 3.8) is 0 Å². The van der Waals surface area contributed by atoms with Crippen LogP contribution in [0.15, 0.2) is 18.3 Å². The van der Waals surface area contributed by atoms with Crippen LogP contribution in [0.25, 0.3) is 0 Å². The van der Waals surface area contributed by atoms with Gasteiger partial charge in [0.2, 0.25) is 5.88 Å². The molecule has 0 radical (unpaired) electrons. The lowest BCUT2D eigenvalue weighted by atomic mass is 9.91. The lowest BCUT2D eigenvalue weighted by molar-refractivity contribution is 0.382. The first-order valence-corrected chi connectivity index (χ1v) is 4.65. The van der Waals surface area contributed by atoms with E-state index in [2.05, 4.69) is 31.8 Å². The molecule has 1 rings (SSSR count). The van der Waals surface area contributed by atoms with Gasteiger partial charge in [0.05, 0.1) is 7.11 Å². The quantitative estimate of drug-likeness (QED) is 0.711. The van der Waals surface area contributed by atoms with Crippen molar-refractivity contribution in [2.75, 3.05) is 7.11 Å². The summed E-state index contributed by atoms with van der Waals surface area (Å²) in [5, 5.41) is 0. The Bertz CT molecular complexity index is 271. The average molecular weight is 179 g/mol. The second kappa shape index (κ2) is 4.26. The maximum atomic E-state index is 5.21. The van der Waals surface area contributed by atoms with Crippen molar-refractivity contribution in [2.24, 2.45) is 5.92 Å². The molecule has 0 bridgehead atoms. The van der Waals surface area contributed by atoms with Crippen LogP contribution in [0.2, 0.25) is 0 Å². The van der Waals surface area contributed by atoms with Crippen LogP contribution < -0.4 is 4.74 Å². The van der Waals surface area contributed by atoms with E-state index in [0.717, 1.165) is 5.88 Å². The molecule has 0 N–H and O–H groups in total. The summed E-state index contributed by atoms with van der Waals surface area (Å²) in [6, 6.07) is 4.03. The third-order valence-corrected chi connectivity index (χ3v) is 2.48. The predicted molar refractivity (Wildman–Crippen MR) is 54.0 cm³/mol. The van der Waals surface area contributed by atoms with Crippen molar-refractivity contribution < 1.29 is 4.74 Å². The number of aromatic nitrogens is 1. The summed E-state index contributed by atoms with van der Waals surface area (Å²) in [4.78, 5) is 4.18. The Morgan fingerprint density at radius 3 is 2.54 bits per heavy atom. The minimum atomic E-state index is 0.489. The number of rotatable bonds is 3. The predicted octanol–water partition coefficient (Wildman–Crippen LogP) is 2.85. The summed E-state index contributed by atoms with van der Waals surface area (Å²) in [5.41, 5.74) is 1.19. The van der Waals surface area contributed by atoms with E-state index in [0.29, 0.717) is 11.8 Å². The molecule has 1 atom stereocenters. The summed E-state index contributed by atoms with van der Waals surface area (Å²) in [5.74, 6) is 1.85. The largest absolute Gasteiger partial charge is 0.481 e. The van der Waals surface area contributed by atoms with E-state index in [1.54, 1.807) is 13.3 Å². The van der Waals surface area contributed by atoms with Gasteiger partial charge in [-0.25, -0.2) is 4.98 Å². The van der Waals surface area contributed by atoms with Crippen molar-refractivity contribution >= 4 is 0 Å². The molecule has 0 saturated heterocycles. The van der Waals surface area contributed by atoms with Crippen LogP contribution in [-0.2, 0) is 0 Å². The third kappa shape index (κ3) is 2.20. The van der Waals surface area contributed by atoms with E-state index in [4.69, 9.17) is 4.74 Å². The fraction of sp³-hybridized carbons (Fsp3) is 0.545. The lowest BCUT2D eigenvalue weighted by Crippen LogP contribution is -2.05. The highest BCUT2D eigenvalue weighted by Gasteiger charge is 2.14. The molecule has 0 fully saturated rings. The number of nitrogens with zero attached hydrogens (tertiary/aromatic N) is 1. The normalized spacial score (nSPS) is 13.0. The van der Waals surface area contributed by atoms with Crippen molar-refractivity contribution in [3.8, 4) is 5.88 Å². The summed E-state index contributed by atoms with van der Waals surface area (Å²) >= 11 is 0. The summed E-state index contributed by atoms with van der Waals surface area (Å²) in [6.07, 6.45) is 1.76. The van der Waals surface area contributed by atoms with Gasteiger partial charge in [-0.15, -0.1) is 0 Å². The molecule has 0 aromatic carbocycles. The summed E-state index contributed by atoms with van der Waals surface area (Å²) in [7, 11) is 1.67. The molecule has 0 amide bonds. The molecule has 2 nitrogen and oxygen atoms in total. The Kier molecular flexibility index (Phi) is 3.29. The van der Waals surface area contributed by atoms with Crippen LogP contribution in [0.1, 0.15) is 32.3 Å². The Morgan fingerprint density at radius 2 is 2.00 bits per heavy atom. The first kappa shape index (κ1) is 10.0. The monoisotopic (exact) mass is 179 g/mol. The molecule has 1 unspecified atom stereocenters. The molecule has 0 aliphatic carbocycles. The second-order valence-corrected chi connectivity index (χ2v) is 3.63. The minimum absolute atomic E-state index is 0.489. The Balaban J connectivity index is 2.98. The second-order valence-electron chi connectivity index (χ2n) is 3.63. The van der Waals surface area contributed by atoms with E-state index < -0.39 is 0 Å². The van der Waals surface area contributed by atoms with Gasteiger partial charge < -0.3 is 4.74 Å². The standard InChI is InChI=1S/C11H17NO/c1-8(2)9(3)10-6-5-7-12-11(10)13-4/h5-9H,1-4H3. The number of hydrogen-bond donors (Lipinski definition) is 0. The van der Waals surface area contributed by atoms with Gasteiger partial charge in [0, 0.05) is 11.8 Å². The summed E-state index contributed by atoms with van der Waals surface area (Å²) < 4.78 is 5.21. The van der Waals surface area contributed by atoms with Crippen LogP contribution in [0.3, 0.4) is 0 Å². The smallest absolute Gasteiger partial charge is 0.216 e. The zero-order valence-electron chi connectivity index (χ0n) is 8.74. The third-order valence-electron chi connectivity index (χ3n) is 2.48. The molecule has 1 aromatic heterocycles. The topological polar surface area (TPSA) is 22.1 Å². The summed E-state index contributed by atoms with van der Waals surface area (Å²) in [6.45, 7) is 6.61. The zero-order valence-corrected chi connectivity index (χ0v) is 8.74. The average Bonchev–Trinajstić information content (AvgIpc) is 2.16. The molecule has 1 aromatic rings. The first-order valence-electron chi connectivity index (χ1n) is 4.65. The molecule has 0 spiro atoms. The van der Waals surface area contributed by atoms with Crippen LogP contribution >= 0.6 is 0 Å². The van der Waals surface area contributed by atoms with Crippen molar-refractivity contribution in [1.29, 1.82) is 0 Å². The Hall–Kier alpha value is -1.05. The maximum Gasteiger partial charge on any atom is 0.216 e. The van der Waals surface area contributed by atoms with Crippen molar-refractivity contribution in [2.45, 2.75) is 26.7 Å². The molecule has 0 aliphatic heterocycles. The molecular weight excluding hydrogens is 162 g/mol. The van der Waals surface area contributed by atoms with Gasteiger partial charge in [-0.2, -0.15) is 0 Å². The maximum absolute atomic E-state index is 5.21. The minimum Gasteiger partial charge on any atom is -0.481 e. The number of methoxy groups -OCH3 is 1. The van der Waals surface area contributed by atoms with E-state index in [9.17, 15) is 0 Å². The van der Waals surface area contributed by atoms with Gasteiger partial charge in [0.1, 0.15) is 0 Å². The molecule has 0 saturated carbocycles. The van der Waals surface area contributed by atoms with Gasteiger partial charge in [-0.1, -0.05) is 26.8 Å². The van der Waals surface area contributed by atoms with E-state index in [1.165, 1.54) is 5.56 Å². The molecule has 13 heavy (non-hydrogen) atoms. The van der Waals surface area contributed by atoms with Crippen molar-refractivity contribution in [3.05, 3.63) is 23.9 Å². The fourth-order valence-corrected chi connectivity index (χ4v) is 1.28. The number of ether oxygens (including phenoxy) is 1. The molecular formula is C11H17NO. The highest BCUT2D eigenvalue weighted by Crippen LogP contribution is 2.29. The van der Waals surface area contributed by atoms with Crippen LogP contribution in [-0.4, -0.2) is 12.1 Å². The van der Waals surface area contributed by atoms with Gasteiger partial charge in [0.25, 0.3) is 0 Å². The zero-order chi connectivity index (χ0) is 9.84. The van der Waals surface area contributed by atoms with E-state index >= 15 is 0 Å². The molecule has 1 heterocycles. The highest BCUT2D eigenvalue weighted by atomic mass is 16.5. The van der Waals surface area contributed by atoms with Crippen LogP contribution in [0, 0.1) is 5.92 Å². The number of pyridine rings is 1. The molecule has 72 valence electrons. The Labute approximate surface area is 80.0 Å². The van der Waals surface area contributed by atoms with Crippen molar-refractivity contribution in [1.82, 2.24) is 4.98 Å². The van der Waals surface area contributed by atoms with Gasteiger partial charge in [-0.05, 0) is 17.9 Å². The SMILES string of the molecule is COc1ncccc1C(C)C(C)C. The molecule has 2 heteroatoms. The van der Waals surface area contributed by atoms with E-state index in [-0.39, 0.29) is 0 Å². The van der Waals surface area contributed by atoms with Gasteiger partial charge >= 0.3 is 0 Å². The van der Waals surface area contributed by atoms with Gasteiger partial charge in [0.15, 0.2) is 0 Å². The number of hydrogen-bond acceptors (Lipinski definition) is 2. The molecule has 0 aliphatic rings. The highest BCUT2D eigenvalue weighted by molar-refractivity contribution is 5.29. The first-order chi connectivity index (χ1) is 6.16. The fourth-order valence-electron chi connectivity index (χ4n) is 1.28. The van der Waals surface area contributed by atoms with Gasteiger partial charge in [-0.3, -0.25) is 0 Å². The van der Waals surface area contributed by atoms with Crippen LogP contribution in [0.5, 0.6) is 5.88 Å².